The van der Waals surface area contributed by atoms with Crippen molar-refractivity contribution < 1.29 is 14.3 Å². The van der Waals surface area contributed by atoms with Crippen LogP contribution in [0.4, 0.5) is 4.79 Å². The van der Waals surface area contributed by atoms with Crippen LogP contribution in [0.5, 0.6) is 0 Å². The van der Waals surface area contributed by atoms with Gasteiger partial charge in [0, 0.05) is 25.7 Å². The minimum absolute atomic E-state index is 0.223. The fourth-order valence-electron chi connectivity index (χ4n) is 2.02. The zero-order valence-corrected chi connectivity index (χ0v) is 12.8. The minimum Gasteiger partial charge on any atom is -0.444 e. The van der Waals surface area contributed by atoms with Gasteiger partial charge < -0.3 is 20.1 Å². The van der Waals surface area contributed by atoms with Crippen molar-refractivity contribution in [1.29, 1.82) is 0 Å². The molecule has 1 fully saturated rings. The van der Waals surface area contributed by atoms with Gasteiger partial charge in [0.2, 0.25) is 0 Å². The van der Waals surface area contributed by atoms with Crippen LogP contribution >= 0.6 is 0 Å². The first kappa shape index (κ1) is 16.2. The normalized spacial score (nSPS) is 25.1. The first-order chi connectivity index (χ1) is 8.78. The van der Waals surface area contributed by atoms with E-state index in [2.05, 4.69) is 24.5 Å². The van der Waals surface area contributed by atoms with Crippen LogP contribution in [0, 0.1) is 5.92 Å². The second-order valence-corrected chi connectivity index (χ2v) is 6.32. The molecule has 0 aromatic rings. The summed E-state index contributed by atoms with van der Waals surface area (Å²) in [5.41, 5.74) is -0.447. The molecule has 5 nitrogen and oxygen atoms in total. The Morgan fingerprint density at radius 3 is 2.68 bits per heavy atom. The maximum atomic E-state index is 11.5. The van der Waals surface area contributed by atoms with Crippen LogP contribution in [0.3, 0.4) is 0 Å². The summed E-state index contributed by atoms with van der Waals surface area (Å²) in [5.74, 6) is 0.573. The zero-order chi connectivity index (χ0) is 14.5. The van der Waals surface area contributed by atoms with E-state index >= 15 is 0 Å². The Labute approximate surface area is 116 Å². The van der Waals surface area contributed by atoms with Crippen molar-refractivity contribution in [3.63, 3.8) is 0 Å². The van der Waals surface area contributed by atoms with Crippen molar-refractivity contribution in [2.75, 3.05) is 19.7 Å². The van der Waals surface area contributed by atoms with Crippen LogP contribution in [0.15, 0.2) is 0 Å². The second-order valence-electron chi connectivity index (χ2n) is 6.32. The third kappa shape index (κ3) is 6.78. The fourth-order valence-corrected chi connectivity index (χ4v) is 2.02. The van der Waals surface area contributed by atoms with Crippen LogP contribution in [0.1, 0.15) is 41.0 Å². The highest BCUT2D eigenvalue weighted by Gasteiger charge is 2.24. The van der Waals surface area contributed by atoms with Gasteiger partial charge in [0.05, 0.1) is 6.10 Å². The van der Waals surface area contributed by atoms with E-state index in [1.807, 2.05) is 20.8 Å². The quantitative estimate of drug-likeness (QED) is 0.802. The lowest BCUT2D eigenvalue weighted by atomic mass is 10.0. The fraction of sp³-hybridized carbons (Fsp3) is 0.929. The Morgan fingerprint density at radius 1 is 1.47 bits per heavy atom. The smallest absolute Gasteiger partial charge is 0.407 e. The van der Waals surface area contributed by atoms with Crippen LogP contribution in [-0.2, 0) is 9.47 Å². The summed E-state index contributed by atoms with van der Waals surface area (Å²) in [6.07, 6.45) is 1.08. The number of hydrogen-bond donors (Lipinski definition) is 2. The van der Waals surface area contributed by atoms with Gasteiger partial charge in [0.25, 0.3) is 0 Å². The number of ether oxygens (including phenoxy) is 2. The third-order valence-electron chi connectivity index (χ3n) is 3.21. The standard InChI is InChI=1S/C14H28N2O3/c1-10(8-16-13(17)19-14(3,4)5)15-9-12-6-7-18-11(12)2/h10-12,15H,6-9H2,1-5H3,(H,16,17). The molecule has 3 atom stereocenters. The zero-order valence-electron chi connectivity index (χ0n) is 12.8. The molecule has 0 saturated carbocycles. The summed E-state index contributed by atoms with van der Waals surface area (Å²) >= 11 is 0. The summed E-state index contributed by atoms with van der Waals surface area (Å²) in [5, 5.41) is 6.19. The van der Waals surface area contributed by atoms with E-state index in [1.165, 1.54) is 0 Å². The molecule has 1 saturated heterocycles. The molecular formula is C14H28N2O3. The topological polar surface area (TPSA) is 59.6 Å². The molecule has 1 aliphatic rings. The molecule has 0 aromatic heterocycles. The van der Waals surface area contributed by atoms with Gasteiger partial charge in [-0.2, -0.15) is 0 Å². The number of alkyl carbamates (subject to hydrolysis) is 1. The van der Waals surface area contributed by atoms with Crippen LogP contribution in [-0.4, -0.2) is 43.5 Å². The van der Waals surface area contributed by atoms with E-state index in [1.54, 1.807) is 0 Å². The predicted molar refractivity (Wildman–Crippen MR) is 75.2 cm³/mol. The Kier molecular flexibility index (Phi) is 6.07. The number of nitrogens with one attached hydrogen (secondary N) is 2. The van der Waals surface area contributed by atoms with Crippen molar-refractivity contribution in [2.24, 2.45) is 5.92 Å². The van der Waals surface area contributed by atoms with Gasteiger partial charge in [-0.15, -0.1) is 0 Å². The van der Waals surface area contributed by atoms with E-state index < -0.39 is 5.60 Å². The summed E-state index contributed by atoms with van der Waals surface area (Å²) in [4.78, 5) is 11.5. The molecule has 1 heterocycles. The van der Waals surface area contributed by atoms with E-state index in [4.69, 9.17) is 9.47 Å². The molecule has 0 radical (unpaired) electrons. The van der Waals surface area contributed by atoms with Crippen LogP contribution < -0.4 is 10.6 Å². The lowest BCUT2D eigenvalue weighted by Gasteiger charge is -2.22. The monoisotopic (exact) mass is 272 g/mol. The lowest BCUT2D eigenvalue weighted by Crippen LogP contribution is -2.43. The Morgan fingerprint density at radius 2 is 2.16 bits per heavy atom. The van der Waals surface area contributed by atoms with Crippen molar-refractivity contribution >= 4 is 6.09 Å². The second kappa shape index (κ2) is 7.10. The first-order valence-corrected chi connectivity index (χ1v) is 7.10. The van der Waals surface area contributed by atoms with Crippen molar-refractivity contribution in [1.82, 2.24) is 10.6 Å². The molecule has 5 heteroatoms. The molecule has 1 amide bonds. The molecule has 3 unspecified atom stereocenters. The molecule has 0 aliphatic carbocycles. The van der Waals surface area contributed by atoms with Gasteiger partial charge in [-0.25, -0.2) is 4.79 Å². The minimum atomic E-state index is -0.447. The number of carbonyl (C=O) groups excluding carboxylic acids is 1. The summed E-state index contributed by atoms with van der Waals surface area (Å²) in [6, 6.07) is 0.223. The molecule has 0 spiro atoms. The van der Waals surface area contributed by atoms with Crippen LogP contribution in [0.2, 0.25) is 0 Å². The lowest BCUT2D eigenvalue weighted by molar-refractivity contribution is 0.0522. The van der Waals surface area contributed by atoms with Crippen molar-refractivity contribution in [3.05, 3.63) is 0 Å². The SMILES string of the molecule is CC(CNC(=O)OC(C)(C)C)NCC1CCOC1C. The van der Waals surface area contributed by atoms with Gasteiger partial charge in [0.15, 0.2) is 0 Å². The van der Waals surface area contributed by atoms with E-state index in [0.29, 0.717) is 18.6 Å². The highest BCUT2D eigenvalue weighted by molar-refractivity contribution is 5.67. The van der Waals surface area contributed by atoms with Gasteiger partial charge in [-0.3, -0.25) is 0 Å². The highest BCUT2D eigenvalue weighted by Crippen LogP contribution is 2.19. The first-order valence-electron chi connectivity index (χ1n) is 7.10. The maximum Gasteiger partial charge on any atom is 0.407 e. The Hall–Kier alpha value is -0.810. The molecule has 1 aliphatic heterocycles. The van der Waals surface area contributed by atoms with Crippen LogP contribution in [0.25, 0.3) is 0 Å². The average molecular weight is 272 g/mol. The largest absolute Gasteiger partial charge is 0.444 e. The molecule has 0 aromatic carbocycles. The van der Waals surface area contributed by atoms with Crippen molar-refractivity contribution in [2.45, 2.75) is 58.8 Å². The van der Waals surface area contributed by atoms with Crippen molar-refractivity contribution in [3.8, 4) is 0 Å². The Balaban J connectivity index is 2.14. The highest BCUT2D eigenvalue weighted by atomic mass is 16.6. The molecule has 2 N–H and O–H groups in total. The number of carbonyl (C=O) groups is 1. The van der Waals surface area contributed by atoms with E-state index in [9.17, 15) is 4.79 Å². The Bertz CT molecular complexity index is 289. The van der Waals surface area contributed by atoms with E-state index in [0.717, 1.165) is 19.6 Å². The average Bonchev–Trinajstić information content (AvgIpc) is 2.67. The van der Waals surface area contributed by atoms with Gasteiger partial charge >= 0.3 is 6.09 Å². The summed E-state index contributed by atoms with van der Waals surface area (Å²) in [7, 11) is 0. The molecule has 112 valence electrons. The number of amides is 1. The number of hydrogen-bond acceptors (Lipinski definition) is 4. The molecular weight excluding hydrogens is 244 g/mol. The summed E-state index contributed by atoms with van der Waals surface area (Å²) in [6.45, 7) is 12.1. The maximum absolute atomic E-state index is 11.5. The predicted octanol–water partition coefficient (Wildman–Crippen LogP) is 1.91. The summed E-state index contributed by atoms with van der Waals surface area (Å²) < 4.78 is 10.7. The molecule has 1 rings (SSSR count). The van der Waals surface area contributed by atoms with Gasteiger partial charge in [0.1, 0.15) is 5.60 Å². The number of rotatable bonds is 5. The molecule has 19 heavy (non-hydrogen) atoms. The molecule has 0 bridgehead atoms. The van der Waals surface area contributed by atoms with Gasteiger partial charge in [-0.1, -0.05) is 0 Å². The van der Waals surface area contributed by atoms with Gasteiger partial charge in [-0.05, 0) is 47.0 Å². The van der Waals surface area contributed by atoms with E-state index in [-0.39, 0.29) is 12.1 Å². The third-order valence-corrected chi connectivity index (χ3v) is 3.21.